The van der Waals surface area contributed by atoms with Crippen LogP contribution in [0.15, 0.2) is 24.3 Å². The highest BCUT2D eigenvalue weighted by atomic mass is 32.2. The second-order valence-electron chi connectivity index (χ2n) is 12.4. The SMILES string of the molecule is CSCC[C@@H](CC(=O)[C@@H](Cc1c(C)[nH]c2ccccc12)NC(=O)[C@@H](CC(=O)N1[C@H](C)CCC[C@@H]1C)C1CC1)C(C)=O. The van der Waals surface area contributed by atoms with Crippen molar-refractivity contribution in [3.63, 3.8) is 0 Å². The van der Waals surface area contributed by atoms with Crippen LogP contribution in [0.3, 0.4) is 0 Å². The van der Waals surface area contributed by atoms with E-state index < -0.39 is 12.0 Å². The van der Waals surface area contributed by atoms with E-state index in [1.807, 2.05) is 42.3 Å². The highest BCUT2D eigenvalue weighted by Crippen LogP contribution is 2.40. The molecule has 7 nitrogen and oxygen atoms in total. The molecule has 4 rings (SSSR count). The number of ketones is 2. The number of likely N-dealkylation sites (tertiary alicyclic amines) is 1. The largest absolute Gasteiger partial charge is 0.358 e. The van der Waals surface area contributed by atoms with Gasteiger partial charge in [0.05, 0.1) is 6.04 Å². The summed E-state index contributed by atoms with van der Waals surface area (Å²) in [6.07, 6.45) is 8.23. The monoisotopic (exact) mass is 581 g/mol. The van der Waals surface area contributed by atoms with Crippen LogP contribution < -0.4 is 5.32 Å². The van der Waals surface area contributed by atoms with E-state index in [0.29, 0.717) is 12.8 Å². The molecule has 0 radical (unpaired) electrons. The number of rotatable bonds is 14. The van der Waals surface area contributed by atoms with Crippen LogP contribution in [0.2, 0.25) is 0 Å². The number of amides is 2. The van der Waals surface area contributed by atoms with Crippen LogP contribution in [-0.2, 0) is 25.6 Å². The summed E-state index contributed by atoms with van der Waals surface area (Å²) >= 11 is 1.66. The van der Waals surface area contributed by atoms with E-state index in [1.54, 1.807) is 18.7 Å². The normalized spacial score (nSPS) is 21.3. The molecule has 0 spiro atoms. The first-order valence-corrected chi connectivity index (χ1v) is 16.7. The molecule has 1 saturated carbocycles. The number of aromatic nitrogens is 1. The van der Waals surface area contributed by atoms with Gasteiger partial charge in [-0.3, -0.25) is 19.2 Å². The number of para-hydroxylation sites is 1. The van der Waals surface area contributed by atoms with Crippen molar-refractivity contribution in [2.24, 2.45) is 17.8 Å². The fraction of sp³-hybridized carbons (Fsp3) is 0.636. The van der Waals surface area contributed by atoms with E-state index in [1.165, 1.54) is 0 Å². The van der Waals surface area contributed by atoms with Gasteiger partial charge in [0, 0.05) is 59.8 Å². The van der Waals surface area contributed by atoms with Crippen molar-refractivity contribution in [3.8, 4) is 0 Å². The van der Waals surface area contributed by atoms with Gasteiger partial charge in [-0.2, -0.15) is 11.8 Å². The Balaban J connectivity index is 1.56. The number of thioether (sulfide) groups is 1. The van der Waals surface area contributed by atoms with E-state index in [0.717, 1.165) is 60.0 Å². The van der Waals surface area contributed by atoms with Crippen LogP contribution in [0.25, 0.3) is 10.9 Å². The summed E-state index contributed by atoms with van der Waals surface area (Å²) in [6, 6.07) is 7.57. The van der Waals surface area contributed by atoms with Gasteiger partial charge in [-0.25, -0.2) is 0 Å². The molecule has 1 saturated heterocycles. The fourth-order valence-corrected chi connectivity index (χ4v) is 7.12. The van der Waals surface area contributed by atoms with Gasteiger partial charge in [0.2, 0.25) is 11.8 Å². The number of fused-ring (bicyclic) bond motifs is 1. The van der Waals surface area contributed by atoms with E-state index in [2.05, 4.69) is 24.1 Å². The van der Waals surface area contributed by atoms with Gasteiger partial charge in [0.15, 0.2) is 5.78 Å². The standard InChI is InChI=1S/C33H47N3O4S/c1-20-9-8-10-21(2)36(20)32(39)19-28(24-13-14-24)33(40)35-30(31(38)17-25(23(4)37)15-16-41-5)18-27-22(3)34-29-12-7-6-11-26(27)29/h6-7,11-12,20-21,24-25,28,30,34H,8-10,13-19H2,1-5H3,(H,35,40)/t20-,21+,25-,28-,30+/m0/s1. The minimum Gasteiger partial charge on any atom is -0.358 e. The molecular formula is C33H47N3O4S. The smallest absolute Gasteiger partial charge is 0.224 e. The molecule has 0 bridgehead atoms. The molecule has 1 aromatic heterocycles. The topological polar surface area (TPSA) is 99.3 Å². The van der Waals surface area contributed by atoms with Gasteiger partial charge in [-0.1, -0.05) is 18.2 Å². The van der Waals surface area contributed by atoms with Gasteiger partial charge in [-0.15, -0.1) is 0 Å². The zero-order valence-corrected chi connectivity index (χ0v) is 26.1. The summed E-state index contributed by atoms with van der Waals surface area (Å²) < 4.78 is 0. The third-order valence-corrected chi connectivity index (χ3v) is 9.88. The highest BCUT2D eigenvalue weighted by molar-refractivity contribution is 7.98. The number of aryl methyl sites for hydroxylation is 1. The van der Waals surface area contributed by atoms with Crippen molar-refractivity contribution in [2.45, 2.75) is 104 Å². The number of piperidine rings is 1. The number of hydrogen-bond donors (Lipinski definition) is 2. The summed E-state index contributed by atoms with van der Waals surface area (Å²) in [5, 5.41) is 4.14. The van der Waals surface area contributed by atoms with Crippen molar-refractivity contribution in [1.29, 1.82) is 0 Å². The Morgan fingerprint density at radius 3 is 2.37 bits per heavy atom. The predicted molar refractivity (Wildman–Crippen MR) is 166 cm³/mol. The third kappa shape index (κ3) is 7.82. The predicted octanol–water partition coefficient (Wildman–Crippen LogP) is 5.63. The molecule has 2 fully saturated rings. The fourth-order valence-electron chi connectivity index (χ4n) is 6.60. The molecule has 0 unspecified atom stereocenters. The average molecular weight is 582 g/mol. The van der Waals surface area contributed by atoms with E-state index >= 15 is 0 Å². The first kappa shape index (κ1) is 31.3. The lowest BCUT2D eigenvalue weighted by Crippen LogP contribution is -2.50. The van der Waals surface area contributed by atoms with Crippen LogP contribution in [0.1, 0.15) is 83.4 Å². The molecule has 1 aliphatic carbocycles. The molecule has 2 heterocycles. The van der Waals surface area contributed by atoms with E-state index in [9.17, 15) is 19.2 Å². The van der Waals surface area contributed by atoms with Crippen molar-refractivity contribution >= 4 is 46.0 Å². The molecular weight excluding hydrogens is 534 g/mol. The second kappa shape index (κ2) is 14.0. The maximum absolute atomic E-state index is 13.9. The minimum absolute atomic E-state index is 0.00646. The molecule has 1 aliphatic heterocycles. The molecule has 2 aromatic rings. The number of carbonyl (C=O) groups excluding carboxylic acids is 4. The van der Waals surface area contributed by atoms with Crippen molar-refractivity contribution in [1.82, 2.24) is 15.2 Å². The second-order valence-corrected chi connectivity index (χ2v) is 13.4. The Labute approximate surface area is 249 Å². The molecule has 5 atom stereocenters. The van der Waals surface area contributed by atoms with Gasteiger partial charge in [-0.05, 0) is 95.8 Å². The molecule has 224 valence electrons. The lowest BCUT2D eigenvalue weighted by Gasteiger charge is -2.39. The number of H-pyrrole nitrogens is 1. The lowest BCUT2D eigenvalue weighted by molar-refractivity contribution is -0.142. The number of aromatic amines is 1. The Kier molecular flexibility index (Phi) is 10.7. The molecule has 2 N–H and O–H groups in total. The quantitative estimate of drug-likeness (QED) is 0.301. The molecule has 2 aliphatic rings. The molecule has 41 heavy (non-hydrogen) atoms. The number of hydrogen-bond acceptors (Lipinski definition) is 5. The molecule has 1 aromatic carbocycles. The summed E-state index contributed by atoms with van der Waals surface area (Å²) in [7, 11) is 0. The van der Waals surface area contributed by atoms with Gasteiger partial charge in [0.25, 0.3) is 0 Å². The third-order valence-electron chi connectivity index (χ3n) is 9.24. The van der Waals surface area contributed by atoms with Crippen LogP contribution in [0.5, 0.6) is 0 Å². The Morgan fingerprint density at radius 1 is 1.05 bits per heavy atom. The van der Waals surface area contributed by atoms with Crippen LogP contribution >= 0.6 is 11.8 Å². The van der Waals surface area contributed by atoms with Crippen LogP contribution in [0.4, 0.5) is 0 Å². The zero-order chi connectivity index (χ0) is 29.7. The average Bonchev–Trinajstić information content (AvgIpc) is 3.72. The van der Waals surface area contributed by atoms with Crippen LogP contribution in [-0.4, -0.2) is 63.4 Å². The summed E-state index contributed by atoms with van der Waals surface area (Å²) in [6.45, 7) is 7.73. The first-order valence-electron chi connectivity index (χ1n) is 15.3. The first-order chi connectivity index (χ1) is 19.6. The van der Waals surface area contributed by atoms with Crippen molar-refractivity contribution in [2.75, 3.05) is 12.0 Å². The number of benzene rings is 1. The Morgan fingerprint density at radius 2 is 1.73 bits per heavy atom. The summed E-state index contributed by atoms with van der Waals surface area (Å²) in [5.74, 6) is -0.111. The van der Waals surface area contributed by atoms with Crippen LogP contribution in [0, 0.1) is 24.7 Å². The van der Waals surface area contributed by atoms with E-state index in [-0.39, 0.29) is 60.1 Å². The summed E-state index contributed by atoms with van der Waals surface area (Å²) in [4.78, 5) is 59.0. The number of nitrogens with zero attached hydrogens (tertiary/aromatic N) is 1. The Bertz CT molecular complexity index is 1240. The number of nitrogens with one attached hydrogen (secondary N) is 2. The maximum Gasteiger partial charge on any atom is 0.224 e. The van der Waals surface area contributed by atoms with Gasteiger partial charge >= 0.3 is 0 Å². The molecule has 8 heteroatoms. The van der Waals surface area contributed by atoms with E-state index in [4.69, 9.17) is 0 Å². The van der Waals surface area contributed by atoms with Crippen molar-refractivity contribution in [3.05, 3.63) is 35.5 Å². The zero-order valence-electron chi connectivity index (χ0n) is 25.3. The minimum atomic E-state index is -0.763. The highest BCUT2D eigenvalue weighted by Gasteiger charge is 2.41. The molecule has 2 amide bonds. The summed E-state index contributed by atoms with van der Waals surface area (Å²) in [5.41, 5.74) is 2.95. The van der Waals surface area contributed by atoms with Gasteiger partial charge < -0.3 is 15.2 Å². The number of Topliss-reactive ketones (excluding diaryl/α,β-unsaturated/α-hetero) is 2. The maximum atomic E-state index is 13.9. The lowest BCUT2D eigenvalue weighted by atomic mass is 9.89. The van der Waals surface area contributed by atoms with Gasteiger partial charge in [0.1, 0.15) is 5.78 Å². The number of carbonyl (C=O) groups is 4. The Hall–Kier alpha value is -2.61. The van der Waals surface area contributed by atoms with Crippen molar-refractivity contribution < 1.29 is 19.2 Å².